The minimum Gasteiger partial charge on any atom is -0.316 e. The van der Waals surface area contributed by atoms with Crippen molar-refractivity contribution < 1.29 is 0 Å². The zero-order valence-corrected chi connectivity index (χ0v) is 11.6. The van der Waals surface area contributed by atoms with Gasteiger partial charge in [0.05, 0.1) is 0 Å². The Morgan fingerprint density at radius 2 is 2.11 bits per heavy atom. The summed E-state index contributed by atoms with van der Waals surface area (Å²) in [5, 5.41) is 3.53. The van der Waals surface area contributed by atoms with Crippen LogP contribution in [0.25, 0.3) is 0 Å². The summed E-state index contributed by atoms with van der Waals surface area (Å²) in [6.45, 7) is 10.5. The smallest absolute Gasteiger partial charge is 0.0234 e. The number of nitrogens with zero attached hydrogens (tertiary/aromatic N) is 1. The number of rotatable bonds is 2. The first-order valence-corrected chi connectivity index (χ1v) is 7.16. The van der Waals surface area contributed by atoms with Crippen LogP contribution in [0.1, 0.15) is 29.5 Å². The Balaban J connectivity index is 1.65. The van der Waals surface area contributed by atoms with Gasteiger partial charge < -0.3 is 5.32 Å². The maximum absolute atomic E-state index is 3.53. The maximum atomic E-state index is 3.53. The summed E-state index contributed by atoms with van der Waals surface area (Å²) < 4.78 is 0. The van der Waals surface area contributed by atoms with Gasteiger partial charge in [-0.15, -0.1) is 0 Å². The van der Waals surface area contributed by atoms with E-state index in [1.807, 2.05) is 0 Å². The first kappa shape index (κ1) is 12.2. The van der Waals surface area contributed by atoms with Crippen molar-refractivity contribution in [3.8, 4) is 0 Å². The maximum Gasteiger partial charge on any atom is 0.0234 e. The van der Waals surface area contributed by atoms with Crippen molar-refractivity contribution in [2.45, 2.75) is 33.2 Å². The first-order chi connectivity index (χ1) is 8.67. The van der Waals surface area contributed by atoms with Gasteiger partial charge in [0, 0.05) is 19.6 Å². The Morgan fingerprint density at radius 1 is 1.22 bits per heavy atom. The van der Waals surface area contributed by atoms with Gasteiger partial charge in [0.2, 0.25) is 0 Å². The minimum absolute atomic E-state index is 0.597. The average molecular weight is 244 g/mol. The molecule has 2 fully saturated rings. The molecule has 0 aliphatic carbocycles. The highest BCUT2D eigenvalue weighted by molar-refractivity contribution is 5.29. The van der Waals surface area contributed by atoms with E-state index in [1.54, 1.807) is 0 Å². The molecule has 0 saturated carbocycles. The molecule has 1 aromatic carbocycles. The molecule has 98 valence electrons. The third-order valence-electron chi connectivity index (χ3n) is 4.83. The highest BCUT2D eigenvalue weighted by Gasteiger charge is 2.39. The topological polar surface area (TPSA) is 15.3 Å². The van der Waals surface area contributed by atoms with Gasteiger partial charge in [-0.3, -0.25) is 4.90 Å². The molecule has 3 rings (SSSR count). The minimum atomic E-state index is 0.597. The van der Waals surface area contributed by atoms with Crippen LogP contribution in [0.4, 0.5) is 0 Å². The Bertz CT molecular complexity index is 433. The molecular weight excluding hydrogens is 220 g/mol. The fourth-order valence-electron chi connectivity index (χ4n) is 3.47. The van der Waals surface area contributed by atoms with E-state index in [9.17, 15) is 0 Å². The van der Waals surface area contributed by atoms with Crippen LogP contribution in [-0.4, -0.2) is 31.1 Å². The molecule has 1 atom stereocenters. The van der Waals surface area contributed by atoms with E-state index < -0.39 is 0 Å². The summed E-state index contributed by atoms with van der Waals surface area (Å²) in [6, 6.07) is 6.90. The molecule has 2 saturated heterocycles. The summed E-state index contributed by atoms with van der Waals surface area (Å²) in [6.07, 6.45) is 2.75. The standard InChI is InChI=1S/C16H24N2/c1-13-3-4-15(9-14(13)2)10-18-8-6-16(12-18)5-7-17-11-16/h3-4,9,17H,5-8,10-12H2,1-2H3. The van der Waals surface area contributed by atoms with Gasteiger partial charge in [-0.1, -0.05) is 18.2 Å². The number of aryl methyl sites for hydroxylation is 2. The van der Waals surface area contributed by atoms with E-state index >= 15 is 0 Å². The van der Waals surface area contributed by atoms with E-state index in [1.165, 1.54) is 55.7 Å². The van der Waals surface area contributed by atoms with Crippen LogP contribution in [0.2, 0.25) is 0 Å². The molecule has 1 unspecified atom stereocenters. The third-order valence-corrected chi connectivity index (χ3v) is 4.83. The molecule has 2 heterocycles. The summed E-state index contributed by atoms with van der Waals surface area (Å²) in [4.78, 5) is 2.64. The lowest BCUT2D eigenvalue weighted by Gasteiger charge is -2.23. The number of likely N-dealkylation sites (tertiary alicyclic amines) is 1. The van der Waals surface area contributed by atoms with Crippen LogP contribution in [0.15, 0.2) is 18.2 Å². The number of hydrogen-bond acceptors (Lipinski definition) is 2. The predicted octanol–water partition coefficient (Wildman–Crippen LogP) is 2.49. The predicted molar refractivity (Wildman–Crippen MR) is 75.7 cm³/mol. The Morgan fingerprint density at radius 3 is 2.83 bits per heavy atom. The molecule has 2 aliphatic rings. The summed E-state index contributed by atoms with van der Waals surface area (Å²) in [7, 11) is 0. The molecule has 2 heteroatoms. The lowest BCUT2D eigenvalue weighted by atomic mass is 9.86. The zero-order valence-electron chi connectivity index (χ0n) is 11.6. The second kappa shape index (κ2) is 4.67. The van der Waals surface area contributed by atoms with Crippen molar-refractivity contribution in [3.63, 3.8) is 0 Å². The molecule has 1 spiro atoms. The van der Waals surface area contributed by atoms with Crippen molar-refractivity contribution in [1.82, 2.24) is 10.2 Å². The number of nitrogens with one attached hydrogen (secondary N) is 1. The van der Waals surface area contributed by atoms with Crippen LogP contribution in [0.5, 0.6) is 0 Å². The summed E-state index contributed by atoms with van der Waals surface area (Å²) >= 11 is 0. The van der Waals surface area contributed by atoms with E-state index in [0.717, 1.165) is 6.54 Å². The van der Waals surface area contributed by atoms with Crippen LogP contribution in [0.3, 0.4) is 0 Å². The second-order valence-corrected chi connectivity index (χ2v) is 6.31. The van der Waals surface area contributed by atoms with Crippen LogP contribution in [0, 0.1) is 19.3 Å². The van der Waals surface area contributed by atoms with Gasteiger partial charge >= 0.3 is 0 Å². The molecule has 2 nitrogen and oxygen atoms in total. The van der Waals surface area contributed by atoms with Crippen molar-refractivity contribution in [2.75, 3.05) is 26.2 Å². The Labute approximate surface area is 110 Å². The molecule has 1 aromatic rings. The molecule has 0 bridgehead atoms. The highest BCUT2D eigenvalue weighted by atomic mass is 15.2. The molecular formula is C16H24N2. The summed E-state index contributed by atoms with van der Waals surface area (Å²) in [5.41, 5.74) is 4.89. The lowest BCUT2D eigenvalue weighted by Crippen LogP contribution is -2.28. The molecule has 0 radical (unpaired) electrons. The second-order valence-electron chi connectivity index (χ2n) is 6.31. The van der Waals surface area contributed by atoms with Crippen LogP contribution < -0.4 is 5.32 Å². The molecule has 18 heavy (non-hydrogen) atoms. The van der Waals surface area contributed by atoms with Crippen molar-refractivity contribution in [2.24, 2.45) is 5.41 Å². The van der Waals surface area contributed by atoms with E-state index in [2.05, 4.69) is 42.3 Å². The van der Waals surface area contributed by atoms with E-state index in [4.69, 9.17) is 0 Å². The monoisotopic (exact) mass is 244 g/mol. The largest absolute Gasteiger partial charge is 0.316 e. The van der Waals surface area contributed by atoms with Gasteiger partial charge in [-0.2, -0.15) is 0 Å². The van der Waals surface area contributed by atoms with Gasteiger partial charge in [0.1, 0.15) is 0 Å². The Kier molecular flexibility index (Phi) is 3.16. The third kappa shape index (κ3) is 2.32. The van der Waals surface area contributed by atoms with Gasteiger partial charge in [-0.05, 0) is 61.9 Å². The number of benzene rings is 1. The fraction of sp³-hybridized carbons (Fsp3) is 0.625. The summed E-state index contributed by atoms with van der Waals surface area (Å²) in [5.74, 6) is 0. The van der Waals surface area contributed by atoms with Gasteiger partial charge in [0.15, 0.2) is 0 Å². The molecule has 0 amide bonds. The van der Waals surface area contributed by atoms with Crippen LogP contribution >= 0.6 is 0 Å². The molecule has 0 aromatic heterocycles. The van der Waals surface area contributed by atoms with E-state index in [0.29, 0.717) is 5.41 Å². The normalized spacial score (nSPS) is 28.3. The zero-order chi connectivity index (χ0) is 12.6. The number of hydrogen-bond donors (Lipinski definition) is 1. The van der Waals surface area contributed by atoms with Crippen molar-refractivity contribution >= 4 is 0 Å². The van der Waals surface area contributed by atoms with Gasteiger partial charge in [0.25, 0.3) is 0 Å². The van der Waals surface area contributed by atoms with Gasteiger partial charge in [-0.25, -0.2) is 0 Å². The van der Waals surface area contributed by atoms with Crippen LogP contribution in [-0.2, 0) is 6.54 Å². The Hall–Kier alpha value is -0.860. The lowest BCUT2D eigenvalue weighted by molar-refractivity contribution is 0.268. The fourth-order valence-corrected chi connectivity index (χ4v) is 3.47. The first-order valence-electron chi connectivity index (χ1n) is 7.16. The van der Waals surface area contributed by atoms with E-state index in [-0.39, 0.29) is 0 Å². The van der Waals surface area contributed by atoms with Crippen molar-refractivity contribution in [1.29, 1.82) is 0 Å². The quantitative estimate of drug-likeness (QED) is 0.860. The molecule has 1 N–H and O–H groups in total. The average Bonchev–Trinajstić information content (AvgIpc) is 2.96. The van der Waals surface area contributed by atoms with Crippen molar-refractivity contribution in [3.05, 3.63) is 34.9 Å². The highest BCUT2D eigenvalue weighted by Crippen LogP contribution is 2.36. The molecule has 2 aliphatic heterocycles. The SMILES string of the molecule is Cc1ccc(CN2CCC3(CCNC3)C2)cc1C.